The molecule has 0 spiro atoms. The van der Waals surface area contributed by atoms with Crippen molar-refractivity contribution in [3.63, 3.8) is 0 Å². The average molecular weight is 308 g/mol. The van der Waals surface area contributed by atoms with Gasteiger partial charge in [0.25, 0.3) is 0 Å². The van der Waals surface area contributed by atoms with E-state index in [9.17, 15) is 8.42 Å². The third kappa shape index (κ3) is 7.47. The molecule has 2 nitrogen and oxygen atoms in total. The number of hydrogen-bond acceptors (Lipinski definition) is 2. The summed E-state index contributed by atoms with van der Waals surface area (Å²) in [7, 11) is -3.01. The Labute approximate surface area is 130 Å². The van der Waals surface area contributed by atoms with Gasteiger partial charge in [-0.3, -0.25) is 0 Å². The SMILES string of the molecule is CCCCCCCCS(=O)(=O)C(C)/C=C/c1ccccc1. The molecule has 0 aliphatic rings. The average Bonchev–Trinajstić information content (AvgIpc) is 2.49. The number of benzene rings is 1. The third-order valence-electron chi connectivity index (χ3n) is 3.71. The molecule has 0 aliphatic heterocycles. The molecule has 1 aromatic carbocycles. The van der Waals surface area contributed by atoms with Crippen molar-refractivity contribution in [2.75, 3.05) is 5.75 Å². The van der Waals surface area contributed by atoms with Gasteiger partial charge in [-0.25, -0.2) is 8.42 Å². The van der Waals surface area contributed by atoms with Crippen molar-refractivity contribution in [3.05, 3.63) is 42.0 Å². The topological polar surface area (TPSA) is 34.1 Å². The first-order valence-corrected chi connectivity index (χ1v) is 9.72. The smallest absolute Gasteiger partial charge is 0.156 e. The fraction of sp³-hybridized carbons (Fsp3) is 0.556. The summed E-state index contributed by atoms with van der Waals surface area (Å²) in [5.74, 6) is 0.305. The van der Waals surface area contributed by atoms with Crippen LogP contribution in [0.3, 0.4) is 0 Å². The number of sulfone groups is 1. The van der Waals surface area contributed by atoms with Gasteiger partial charge in [0.15, 0.2) is 9.84 Å². The molecule has 3 heteroatoms. The molecule has 1 rings (SSSR count). The fourth-order valence-corrected chi connectivity index (χ4v) is 3.50. The van der Waals surface area contributed by atoms with Gasteiger partial charge >= 0.3 is 0 Å². The van der Waals surface area contributed by atoms with E-state index < -0.39 is 15.1 Å². The first-order valence-electron chi connectivity index (χ1n) is 8.01. The normalized spacial score (nSPS) is 13.6. The van der Waals surface area contributed by atoms with Gasteiger partial charge in [0.1, 0.15) is 0 Å². The van der Waals surface area contributed by atoms with Crippen molar-refractivity contribution in [2.24, 2.45) is 0 Å². The van der Waals surface area contributed by atoms with Crippen LogP contribution in [0.15, 0.2) is 36.4 Å². The molecule has 0 aliphatic carbocycles. The second kappa shape index (κ2) is 9.78. The highest BCUT2D eigenvalue weighted by molar-refractivity contribution is 7.92. The zero-order chi connectivity index (χ0) is 15.6. The van der Waals surface area contributed by atoms with Crippen LogP contribution in [0.2, 0.25) is 0 Å². The standard InChI is InChI=1S/C18H28O2S/c1-3-4-5-6-7-11-16-21(19,20)17(2)14-15-18-12-9-8-10-13-18/h8-10,12-15,17H,3-7,11,16H2,1-2H3/b15-14+. The Balaban J connectivity index is 2.37. The zero-order valence-corrected chi connectivity index (χ0v) is 14.1. The van der Waals surface area contributed by atoms with Crippen LogP contribution in [0, 0.1) is 0 Å². The second-order valence-corrected chi connectivity index (χ2v) is 8.09. The van der Waals surface area contributed by atoms with Crippen LogP contribution >= 0.6 is 0 Å². The molecule has 0 aromatic heterocycles. The van der Waals surface area contributed by atoms with Crippen molar-refractivity contribution in [1.29, 1.82) is 0 Å². The first kappa shape index (κ1) is 18.0. The fourth-order valence-electron chi connectivity index (χ4n) is 2.20. The molecule has 1 unspecified atom stereocenters. The van der Waals surface area contributed by atoms with Crippen molar-refractivity contribution < 1.29 is 8.42 Å². The van der Waals surface area contributed by atoms with E-state index in [4.69, 9.17) is 0 Å². The maximum Gasteiger partial charge on any atom is 0.156 e. The van der Waals surface area contributed by atoms with Gasteiger partial charge in [0.05, 0.1) is 11.0 Å². The van der Waals surface area contributed by atoms with Gasteiger partial charge in [-0.05, 0) is 18.9 Å². The van der Waals surface area contributed by atoms with Crippen molar-refractivity contribution in [1.82, 2.24) is 0 Å². The molecule has 0 N–H and O–H groups in total. The van der Waals surface area contributed by atoms with Gasteiger partial charge in [-0.15, -0.1) is 0 Å². The Morgan fingerprint density at radius 3 is 2.29 bits per heavy atom. The maximum atomic E-state index is 12.2. The van der Waals surface area contributed by atoms with Crippen LogP contribution in [0.4, 0.5) is 0 Å². The highest BCUT2D eigenvalue weighted by atomic mass is 32.2. The van der Waals surface area contributed by atoms with E-state index in [1.807, 2.05) is 36.4 Å². The molecule has 0 saturated heterocycles. The molecular weight excluding hydrogens is 280 g/mol. The van der Waals surface area contributed by atoms with Crippen molar-refractivity contribution >= 4 is 15.9 Å². The Bertz CT molecular complexity index is 503. The minimum Gasteiger partial charge on any atom is -0.228 e. The third-order valence-corrected chi connectivity index (χ3v) is 5.86. The predicted molar refractivity (Wildman–Crippen MR) is 92.1 cm³/mol. The molecule has 1 atom stereocenters. The monoisotopic (exact) mass is 308 g/mol. The first-order chi connectivity index (χ1) is 10.1. The summed E-state index contributed by atoms with van der Waals surface area (Å²) in [6.07, 6.45) is 10.3. The Kier molecular flexibility index (Phi) is 8.36. The van der Waals surface area contributed by atoms with Gasteiger partial charge < -0.3 is 0 Å². The van der Waals surface area contributed by atoms with E-state index in [1.165, 1.54) is 19.3 Å². The molecule has 0 fully saturated rings. The highest BCUT2D eigenvalue weighted by Gasteiger charge is 2.17. The number of rotatable bonds is 10. The summed E-state index contributed by atoms with van der Waals surface area (Å²) in [5.41, 5.74) is 1.04. The van der Waals surface area contributed by atoms with Crippen LogP contribution in [-0.2, 0) is 9.84 Å². The maximum absolute atomic E-state index is 12.2. The van der Waals surface area contributed by atoms with Crippen LogP contribution in [0.1, 0.15) is 57.9 Å². The van der Waals surface area contributed by atoms with Gasteiger partial charge in [0, 0.05) is 0 Å². The summed E-state index contributed by atoms with van der Waals surface area (Å²) in [4.78, 5) is 0. The predicted octanol–water partition coefficient (Wildman–Crippen LogP) is 4.86. The summed E-state index contributed by atoms with van der Waals surface area (Å²) in [5, 5.41) is -0.409. The molecule has 0 radical (unpaired) electrons. The lowest BCUT2D eigenvalue weighted by Crippen LogP contribution is -2.18. The highest BCUT2D eigenvalue weighted by Crippen LogP contribution is 2.12. The van der Waals surface area contributed by atoms with E-state index in [2.05, 4.69) is 6.92 Å². The second-order valence-electron chi connectivity index (χ2n) is 5.61. The van der Waals surface area contributed by atoms with E-state index in [0.29, 0.717) is 5.75 Å². The minimum atomic E-state index is -3.01. The lowest BCUT2D eigenvalue weighted by molar-refractivity contribution is 0.579. The summed E-state index contributed by atoms with van der Waals surface area (Å²) in [6, 6.07) is 9.81. The minimum absolute atomic E-state index is 0.305. The molecule has 118 valence electrons. The van der Waals surface area contributed by atoms with Gasteiger partial charge in [0.2, 0.25) is 0 Å². The lowest BCUT2D eigenvalue weighted by Gasteiger charge is -2.08. The van der Waals surface area contributed by atoms with Crippen LogP contribution < -0.4 is 0 Å². The van der Waals surface area contributed by atoms with Crippen molar-refractivity contribution in [2.45, 2.75) is 57.6 Å². The van der Waals surface area contributed by atoms with Crippen LogP contribution in [0.25, 0.3) is 6.08 Å². The zero-order valence-electron chi connectivity index (χ0n) is 13.3. The molecule has 0 bridgehead atoms. The van der Waals surface area contributed by atoms with E-state index in [0.717, 1.165) is 24.8 Å². The van der Waals surface area contributed by atoms with E-state index in [1.54, 1.807) is 13.0 Å². The molecule has 21 heavy (non-hydrogen) atoms. The van der Waals surface area contributed by atoms with Crippen LogP contribution in [0.5, 0.6) is 0 Å². The molecular formula is C18H28O2S. The number of unbranched alkanes of at least 4 members (excludes halogenated alkanes) is 5. The largest absolute Gasteiger partial charge is 0.228 e. The van der Waals surface area contributed by atoms with Crippen molar-refractivity contribution in [3.8, 4) is 0 Å². The van der Waals surface area contributed by atoms with E-state index in [-0.39, 0.29) is 0 Å². The molecule has 0 heterocycles. The quantitative estimate of drug-likeness (QED) is 0.578. The summed E-state index contributed by atoms with van der Waals surface area (Å²) in [6.45, 7) is 3.96. The summed E-state index contributed by atoms with van der Waals surface area (Å²) >= 11 is 0. The molecule has 1 aromatic rings. The Hall–Kier alpha value is -1.09. The Morgan fingerprint density at radius 2 is 1.62 bits per heavy atom. The van der Waals surface area contributed by atoms with Gasteiger partial charge in [-0.1, -0.05) is 81.5 Å². The molecule has 0 amide bonds. The van der Waals surface area contributed by atoms with Gasteiger partial charge in [-0.2, -0.15) is 0 Å². The molecule has 0 saturated carbocycles. The van der Waals surface area contributed by atoms with E-state index >= 15 is 0 Å². The Morgan fingerprint density at radius 1 is 1.00 bits per heavy atom. The lowest BCUT2D eigenvalue weighted by atomic mass is 10.1. The number of hydrogen-bond donors (Lipinski definition) is 0. The van der Waals surface area contributed by atoms with Crippen LogP contribution in [-0.4, -0.2) is 19.4 Å². The summed E-state index contributed by atoms with van der Waals surface area (Å²) < 4.78 is 24.4.